The topological polar surface area (TPSA) is 43.8 Å². The Morgan fingerprint density at radius 2 is 2.00 bits per heavy atom. The van der Waals surface area contributed by atoms with Gasteiger partial charge in [-0.15, -0.1) is 0 Å². The Balaban J connectivity index is 1.90. The van der Waals surface area contributed by atoms with Gasteiger partial charge in [-0.1, -0.05) is 17.7 Å². The quantitative estimate of drug-likeness (QED) is 0.905. The monoisotopic (exact) mass is 286 g/mol. The van der Waals surface area contributed by atoms with Crippen LogP contribution in [0.25, 0.3) is 0 Å². The summed E-state index contributed by atoms with van der Waals surface area (Å²) in [5.74, 6) is -0.577. The van der Waals surface area contributed by atoms with Gasteiger partial charge in [0.15, 0.2) is 0 Å². The highest BCUT2D eigenvalue weighted by Crippen LogP contribution is 2.19. The summed E-state index contributed by atoms with van der Waals surface area (Å²) >= 11 is 5.99. The van der Waals surface area contributed by atoms with Crippen LogP contribution < -0.4 is 0 Å². The molecule has 1 aromatic carbocycles. The van der Waals surface area contributed by atoms with Crippen LogP contribution in [0.4, 0.5) is 4.39 Å². The summed E-state index contributed by atoms with van der Waals surface area (Å²) in [5, 5.41) is 9.22. The van der Waals surface area contributed by atoms with E-state index in [9.17, 15) is 9.18 Å². The van der Waals surface area contributed by atoms with Crippen LogP contribution in [0.5, 0.6) is 0 Å². The molecule has 0 radical (unpaired) electrons. The molecule has 1 amide bonds. The highest BCUT2D eigenvalue weighted by molar-refractivity contribution is 6.31. The van der Waals surface area contributed by atoms with Crippen LogP contribution in [-0.4, -0.2) is 53.6 Å². The van der Waals surface area contributed by atoms with Crippen LogP contribution in [-0.2, 0) is 11.3 Å². The van der Waals surface area contributed by atoms with E-state index in [0.717, 1.165) is 18.7 Å². The lowest BCUT2D eigenvalue weighted by atomic mass is 10.2. The number of aliphatic hydroxyl groups is 1. The van der Waals surface area contributed by atoms with Crippen LogP contribution in [0.2, 0.25) is 5.02 Å². The first-order valence-electron chi connectivity index (χ1n) is 6.15. The van der Waals surface area contributed by atoms with E-state index >= 15 is 0 Å². The number of amides is 1. The number of piperazine rings is 1. The van der Waals surface area contributed by atoms with E-state index in [2.05, 4.69) is 4.90 Å². The second kappa shape index (κ2) is 6.32. The third kappa shape index (κ3) is 3.65. The van der Waals surface area contributed by atoms with Gasteiger partial charge in [0.05, 0.1) is 0 Å². The molecular formula is C13H16ClFN2O2. The Morgan fingerprint density at radius 1 is 1.32 bits per heavy atom. The third-order valence-electron chi connectivity index (χ3n) is 3.27. The van der Waals surface area contributed by atoms with Crippen molar-refractivity contribution < 1.29 is 14.3 Å². The average Bonchev–Trinajstić information content (AvgIpc) is 2.42. The van der Waals surface area contributed by atoms with Crippen LogP contribution in [0.1, 0.15) is 5.56 Å². The van der Waals surface area contributed by atoms with Crippen molar-refractivity contribution >= 4 is 17.5 Å². The molecule has 104 valence electrons. The average molecular weight is 287 g/mol. The van der Waals surface area contributed by atoms with E-state index in [0.29, 0.717) is 24.7 Å². The first-order valence-corrected chi connectivity index (χ1v) is 6.53. The van der Waals surface area contributed by atoms with Gasteiger partial charge in [-0.25, -0.2) is 4.39 Å². The molecule has 0 bridgehead atoms. The molecule has 1 aliphatic heterocycles. The van der Waals surface area contributed by atoms with Gasteiger partial charge < -0.3 is 10.0 Å². The maximum absolute atomic E-state index is 12.9. The molecule has 0 aromatic heterocycles. The highest BCUT2D eigenvalue weighted by Gasteiger charge is 2.20. The normalized spacial score (nSPS) is 16.7. The van der Waals surface area contributed by atoms with Gasteiger partial charge >= 0.3 is 0 Å². The smallest absolute Gasteiger partial charge is 0.248 e. The summed E-state index contributed by atoms with van der Waals surface area (Å²) in [7, 11) is 0. The lowest BCUT2D eigenvalue weighted by Crippen LogP contribution is -2.49. The largest absolute Gasteiger partial charge is 0.387 e. The summed E-state index contributed by atoms with van der Waals surface area (Å²) in [6, 6.07) is 4.39. The fourth-order valence-corrected chi connectivity index (χ4v) is 2.37. The van der Waals surface area contributed by atoms with Crippen molar-refractivity contribution in [1.82, 2.24) is 9.80 Å². The van der Waals surface area contributed by atoms with Crippen molar-refractivity contribution in [1.29, 1.82) is 0 Å². The molecule has 0 atom stereocenters. The van der Waals surface area contributed by atoms with Crippen LogP contribution in [0.3, 0.4) is 0 Å². The Morgan fingerprint density at radius 3 is 2.58 bits per heavy atom. The van der Waals surface area contributed by atoms with Crippen LogP contribution in [0, 0.1) is 5.82 Å². The zero-order valence-corrected chi connectivity index (χ0v) is 11.2. The van der Waals surface area contributed by atoms with E-state index in [1.54, 1.807) is 11.0 Å². The standard InChI is InChI=1S/C13H16ClFN2O2/c14-12-7-11(15)2-1-10(12)8-16-3-5-17(6-4-16)13(19)9-18/h1-2,7,18H,3-6,8-9H2. The number of rotatable bonds is 3. The van der Waals surface area contributed by atoms with Gasteiger partial charge in [-0.3, -0.25) is 9.69 Å². The molecule has 1 fully saturated rings. The lowest BCUT2D eigenvalue weighted by molar-refractivity contribution is -0.135. The van der Waals surface area contributed by atoms with E-state index in [1.807, 2.05) is 0 Å². The molecule has 4 nitrogen and oxygen atoms in total. The maximum Gasteiger partial charge on any atom is 0.248 e. The Hall–Kier alpha value is -1.17. The third-order valence-corrected chi connectivity index (χ3v) is 3.62. The van der Waals surface area contributed by atoms with Gasteiger partial charge in [0.25, 0.3) is 0 Å². The van der Waals surface area contributed by atoms with E-state index in [1.165, 1.54) is 12.1 Å². The molecule has 0 saturated carbocycles. The number of benzene rings is 1. The number of nitrogens with zero attached hydrogens (tertiary/aromatic N) is 2. The van der Waals surface area contributed by atoms with Crippen molar-refractivity contribution in [3.05, 3.63) is 34.6 Å². The molecule has 1 saturated heterocycles. The number of halogens is 2. The minimum atomic E-state index is -0.441. The number of hydrogen-bond acceptors (Lipinski definition) is 3. The molecule has 0 spiro atoms. The van der Waals surface area contributed by atoms with Crippen molar-refractivity contribution in [3.8, 4) is 0 Å². The number of hydrogen-bond donors (Lipinski definition) is 1. The number of carbonyl (C=O) groups excluding carboxylic acids is 1. The van der Waals surface area contributed by atoms with Crippen LogP contribution in [0.15, 0.2) is 18.2 Å². The molecule has 1 aromatic rings. The minimum absolute atomic E-state index is 0.237. The van der Waals surface area contributed by atoms with E-state index < -0.39 is 6.61 Å². The van der Waals surface area contributed by atoms with Gasteiger partial charge in [0.2, 0.25) is 5.91 Å². The van der Waals surface area contributed by atoms with E-state index in [-0.39, 0.29) is 11.7 Å². The SMILES string of the molecule is O=C(CO)N1CCN(Cc2ccc(F)cc2Cl)CC1. The predicted molar refractivity (Wildman–Crippen MR) is 70.4 cm³/mol. The number of carbonyl (C=O) groups is 1. The van der Waals surface area contributed by atoms with Gasteiger partial charge in [0, 0.05) is 37.7 Å². The summed E-state index contributed by atoms with van der Waals surface area (Å²) < 4.78 is 12.9. The van der Waals surface area contributed by atoms with Gasteiger partial charge in [-0.05, 0) is 17.7 Å². The molecule has 1 aliphatic rings. The van der Waals surface area contributed by atoms with Crippen molar-refractivity contribution in [2.75, 3.05) is 32.8 Å². The fraction of sp³-hybridized carbons (Fsp3) is 0.462. The maximum atomic E-state index is 12.9. The molecular weight excluding hydrogens is 271 g/mol. The Kier molecular flexibility index (Phi) is 4.74. The summed E-state index contributed by atoms with van der Waals surface area (Å²) in [6.45, 7) is 2.83. The molecule has 1 heterocycles. The first-order chi connectivity index (χ1) is 9.10. The highest BCUT2D eigenvalue weighted by atomic mass is 35.5. The van der Waals surface area contributed by atoms with E-state index in [4.69, 9.17) is 16.7 Å². The lowest BCUT2D eigenvalue weighted by Gasteiger charge is -2.34. The Bertz CT molecular complexity index is 462. The minimum Gasteiger partial charge on any atom is -0.387 e. The second-order valence-corrected chi connectivity index (χ2v) is 4.96. The first kappa shape index (κ1) is 14.2. The zero-order chi connectivity index (χ0) is 13.8. The molecule has 0 aliphatic carbocycles. The Labute approximate surface area is 116 Å². The number of aliphatic hydroxyl groups excluding tert-OH is 1. The van der Waals surface area contributed by atoms with Crippen LogP contribution >= 0.6 is 11.6 Å². The fourth-order valence-electron chi connectivity index (χ4n) is 2.15. The van der Waals surface area contributed by atoms with Crippen molar-refractivity contribution in [2.45, 2.75) is 6.54 Å². The molecule has 6 heteroatoms. The molecule has 1 N–H and O–H groups in total. The van der Waals surface area contributed by atoms with Crippen molar-refractivity contribution in [3.63, 3.8) is 0 Å². The van der Waals surface area contributed by atoms with Gasteiger partial charge in [-0.2, -0.15) is 0 Å². The summed E-state index contributed by atoms with van der Waals surface area (Å²) in [4.78, 5) is 15.1. The van der Waals surface area contributed by atoms with Gasteiger partial charge in [0.1, 0.15) is 12.4 Å². The van der Waals surface area contributed by atoms with Crippen molar-refractivity contribution in [2.24, 2.45) is 0 Å². The molecule has 19 heavy (non-hydrogen) atoms. The molecule has 2 rings (SSSR count). The summed E-state index contributed by atoms with van der Waals surface area (Å²) in [5.41, 5.74) is 0.880. The predicted octanol–water partition coefficient (Wildman–Crippen LogP) is 1.12. The summed E-state index contributed by atoms with van der Waals surface area (Å²) in [6.07, 6.45) is 0. The zero-order valence-electron chi connectivity index (χ0n) is 10.5. The second-order valence-electron chi connectivity index (χ2n) is 4.55. The molecule has 0 unspecified atom stereocenters.